The summed E-state index contributed by atoms with van der Waals surface area (Å²) < 4.78 is 21.0. The molecule has 180 valence electrons. The van der Waals surface area contributed by atoms with Crippen molar-refractivity contribution in [2.24, 2.45) is 0 Å². The minimum absolute atomic E-state index is 0.00782. The van der Waals surface area contributed by atoms with Crippen molar-refractivity contribution in [2.75, 3.05) is 28.4 Å². The van der Waals surface area contributed by atoms with Crippen LogP contribution >= 0.6 is 11.6 Å². The van der Waals surface area contributed by atoms with Gasteiger partial charge >= 0.3 is 0 Å². The van der Waals surface area contributed by atoms with Gasteiger partial charge < -0.3 is 23.9 Å². The fraction of sp³-hybridized carbons (Fsp3) is 0.308. The smallest absolute Gasteiger partial charge is 0.192 e. The highest BCUT2D eigenvalue weighted by Crippen LogP contribution is 2.36. The summed E-state index contributed by atoms with van der Waals surface area (Å²) in [6, 6.07) is 7.16. The number of fused-ring (bicyclic) bond motifs is 2. The van der Waals surface area contributed by atoms with Crippen LogP contribution < -0.4 is 24.4 Å². The van der Waals surface area contributed by atoms with Gasteiger partial charge in [-0.25, -0.2) is 4.98 Å². The van der Waals surface area contributed by atoms with Crippen LogP contribution in [-0.4, -0.2) is 38.4 Å². The number of aromatic amines is 1. The SMILES string of the molecule is COc1cc(OC)c2[nH]c(C)c(C)c(=O)c2c1.COc1cc(OC)c2nc(C)c(C)c(Cl)c2c1. The molecule has 1 N–H and O–H groups in total. The second-order valence-electron chi connectivity index (χ2n) is 7.82. The van der Waals surface area contributed by atoms with Crippen LogP contribution in [0.1, 0.15) is 22.5 Å². The van der Waals surface area contributed by atoms with E-state index in [1.807, 2.05) is 26.8 Å². The third-order valence-electron chi connectivity index (χ3n) is 5.88. The maximum absolute atomic E-state index is 12.2. The fourth-order valence-corrected chi connectivity index (χ4v) is 3.86. The van der Waals surface area contributed by atoms with Crippen LogP contribution in [0, 0.1) is 27.7 Å². The number of ether oxygens (including phenoxy) is 4. The molecule has 0 bridgehead atoms. The summed E-state index contributed by atoms with van der Waals surface area (Å²) in [5, 5.41) is 2.14. The number of H-pyrrole nitrogens is 1. The zero-order valence-corrected chi connectivity index (χ0v) is 21.4. The first-order valence-corrected chi connectivity index (χ1v) is 11.0. The number of nitrogens with zero attached hydrogens (tertiary/aromatic N) is 1. The van der Waals surface area contributed by atoms with E-state index in [2.05, 4.69) is 9.97 Å². The number of hydrogen-bond donors (Lipinski definition) is 1. The van der Waals surface area contributed by atoms with E-state index < -0.39 is 0 Å². The van der Waals surface area contributed by atoms with Crippen LogP contribution in [0.2, 0.25) is 5.02 Å². The van der Waals surface area contributed by atoms with Crippen LogP contribution in [0.3, 0.4) is 0 Å². The van der Waals surface area contributed by atoms with E-state index in [0.29, 0.717) is 44.5 Å². The number of hydrogen-bond acceptors (Lipinski definition) is 6. The zero-order valence-electron chi connectivity index (χ0n) is 20.7. The number of aromatic nitrogens is 2. The summed E-state index contributed by atoms with van der Waals surface area (Å²) in [6.45, 7) is 7.57. The van der Waals surface area contributed by atoms with Gasteiger partial charge in [0.15, 0.2) is 5.43 Å². The highest BCUT2D eigenvalue weighted by molar-refractivity contribution is 6.36. The number of nitrogens with one attached hydrogen (secondary N) is 1. The molecule has 0 saturated heterocycles. The van der Waals surface area contributed by atoms with Crippen LogP contribution in [0.4, 0.5) is 0 Å². The van der Waals surface area contributed by atoms with Gasteiger partial charge in [0.1, 0.15) is 28.5 Å². The molecule has 2 heterocycles. The summed E-state index contributed by atoms with van der Waals surface area (Å²) in [4.78, 5) is 19.9. The lowest BCUT2D eigenvalue weighted by atomic mass is 10.1. The van der Waals surface area contributed by atoms with Crippen molar-refractivity contribution in [3.05, 3.63) is 62.0 Å². The summed E-state index contributed by atoms with van der Waals surface area (Å²) in [5.74, 6) is 2.60. The average Bonchev–Trinajstić information content (AvgIpc) is 2.85. The topological polar surface area (TPSA) is 82.7 Å². The van der Waals surface area contributed by atoms with E-state index in [1.54, 1.807) is 53.6 Å². The highest BCUT2D eigenvalue weighted by Gasteiger charge is 2.14. The second-order valence-corrected chi connectivity index (χ2v) is 8.20. The van der Waals surface area contributed by atoms with Crippen molar-refractivity contribution in [3.8, 4) is 23.0 Å². The molecule has 0 atom stereocenters. The molecule has 8 heteroatoms. The quantitative estimate of drug-likeness (QED) is 0.401. The summed E-state index contributed by atoms with van der Waals surface area (Å²) in [6.07, 6.45) is 0. The molecule has 34 heavy (non-hydrogen) atoms. The van der Waals surface area contributed by atoms with Gasteiger partial charge in [-0.15, -0.1) is 0 Å². The van der Waals surface area contributed by atoms with Gasteiger partial charge in [-0.1, -0.05) is 11.6 Å². The summed E-state index contributed by atoms with van der Waals surface area (Å²) >= 11 is 6.34. The standard InChI is InChI=1S/C13H14ClNO2.C13H15NO3/c1-7-8(2)15-13-10(12(7)14)5-9(16-3)6-11(13)17-4;1-7-8(2)14-12-10(13(7)15)5-9(16-3)6-11(12)17-4/h5-6H,1-4H3;5-6H,1-4H3,(H,14,15). The van der Waals surface area contributed by atoms with E-state index in [4.69, 9.17) is 30.5 Å². The number of benzene rings is 2. The molecule has 0 amide bonds. The van der Waals surface area contributed by atoms with Gasteiger partial charge in [0, 0.05) is 34.5 Å². The third-order valence-corrected chi connectivity index (χ3v) is 6.37. The van der Waals surface area contributed by atoms with E-state index in [1.165, 1.54) is 0 Å². The molecule has 0 aliphatic heterocycles. The van der Waals surface area contributed by atoms with Crippen molar-refractivity contribution in [2.45, 2.75) is 27.7 Å². The van der Waals surface area contributed by atoms with E-state index in [0.717, 1.165) is 27.9 Å². The minimum Gasteiger partial charge on any atom is -0.497 e. The van der Waals surface area contributed by atoms with Gasteiger partial charge in [0.25, 0.3) is 0 Å². The van der Waals surface area contributed by atoms with E-state index in [9.17, 15) is 4.79 Å². The summed E-state index contributed by atoms with van der Waals surface area (Å²) in [5.41, 5.74) is 4.94. The van der Waals surface area contributed by atoms with Crippen molar-refractivity contribution < 1.29 is 18.9 Å². The Labute approximate surface area is 203 Å². The van der Waals surface area contributed by atoms with Crippen LogP contribution in [-0.2, 0) is 0 Å². The van der Waals surface area contributed by atoms with Crippen LogP contribution in [0.25, 0.3) is 21.8 Å². The lowest BCUT2D eigenvalue weighted by Gasteiger charge is -2.12. The first kappa shape index (κ1) is 25.2. The number of methoxy groups -OCH3 is 4. The van der Waals surface area contributed by atoms with E-state index >= 15 is 0 Å². The molecular formula is C26H29ClN2O5. The minimum atomic E-state index is 0.00782. The maximum Gasteiger partial charge on any atom is 0.192 e. The first-order chi connectivity index (χ1) is 16.2. The van der Waals surface area contributed by atoms with Crippen LogP contribution in [0.15, 0.2) is 29.1 Å². The van der Waals surface area contributed by atoms with Crippen molar-refractivity contribution >= 4 is 33.4 Å². The molecule has 4 aromatic rings. The molecule has 2 aromatic carbocycles. The molecule has 4 rings (SSSR count). The van der Waals surface area contributed by atoms with Gasteiger partial charge in [0.05, 0.1) is 44.4 Å². The lowest BCUT2D eigenvalue weighted by molar-refractivity contribution is 0.397. The molecule has 0 fully saturated rings. The monoisotopic (exact) mass is 484 g/mol. The molecular weight excluding hydrogens is 456 g/mol. The molecule has 0 aliphatic carbocycles. The zero-order chi connectivity index (χ0) is 25.2. The molecule has 0 spiro atoms. The first-order valence-electron chi connectivity index (χ1n) is 10.6. The molecule has 0 unspecified atom stereocenters. The summed E-state index contributed by atoms with van der Waals surface area (Å²) in [7, 11) is 6.36. The Kier molecular flexibility index (Phi) is 7.57. The number of pyridine rings is 2. The van der Waals surface area contributed by atoms with Gasteiger partial charge in [0.2, 0.25) is 0 Å². The number of rotatable bonds is 4. The van der Waals surface area contributed by atoms with Crippen molar-refractivity contribution in [1.29, 1.82) is 0 Å². The Morgan fingerprint density at radius 1 is 0.765 bits per heavy atom. The Morgan fingerprint density at radius 3 is 1.88 bits per heavy atom. The fourth-order valence-electron chi connectivity index (χ4n) is 3.58. The largest absolute Gasteiger partial charge is 0.497 e. The van der Waals surface area contributed by atoms with E-state index in [-0.39, 0.29) is 5.43 Å². The molecule has 0 radical (unpaired) electrons. The average molecular weight is 485 g/mol. The predicted molar refractivity (Wildman–Crippen MR) is 136 cm³/mol. The van der Waals surface area contributed by atoms with Gasteiger partial charge in [-0.3, -0.25) is 4.79 Å². The third kappa shape index (κ3) is 4.61. The Bertz CT molecular complexity index is 1430. The second kappa shape index (κ2) is 10.2. The molecule has 0 aliphatic rings. The molecule has 7 nitrogen and oxygen atoms in total. The van der Waals surface area contributed by atoms with Crippen molar-refractivity contribution in [3.63, 3.8) is 0 Å². The molecule has 0 saturated carbocycles. The van der Waals surface area contributed by atoms with Gasteiger partial charge in [-0.2, -0.15) is 0 Å². The van der Waals surface area contributed by atoms with Crippen molar-refractivity contribution in [1.82, 2.24) is 9.97 Å². The lowest BCUT2D eigenvalue weighted by Crippen LogP contribution is -2.10. The number of aryl methyl sites for hydroxylation is 2. The predicted octanol–water partition coefficient (Wildman–Crippen LogP) is 5.68. The maximum atomic E-state index is 12.2. The Balaban J connectivity index is 0.000000191. The Morgan fingerprint density at radius 2 is 1.32 bits per heavy atom. The highest BCUT2D eigenvalue weighted by atomic mass is 35.5. The number of halogens is 1. The van der Waals surface area contributed by atoms with Crippen LogP contribution in [0.5, 0.6) is 23.0 Å². The Hall–Kier alpha value is -3.45. The van der Waals surface area contributed by atoms with Gasteiger partial charge in [-0.05, 0) is 45.4 Å². The molecule has 2 aromatic heterocycles. The normalized spacial score (nSPS) is 10.6.